The number of unbranched alkanes of at least 4 members (excludes halogenated alkanes) is 35. The normalized spacial score (nSPS) is 18.2. The molecule has 6 atom stereocenters. The molecule has 0 spiro atoms. The number of aliphatic carboxylic acids is 1. The molecule has 0 aromatic heterocycles. The van der Waals surface area contributed by atoms with Crippen LogP contribution < -0.4 is 0 Å². The lowest BCUT2D eigenvalue weighted by Gasteiger charge is -2.40. The molecule has 1 fully saturated rings. The molecule has 1 aliphatic rings. The summed E-state index contributed by atoms with van der Waals surface area (Å²) in [4.78, 5) is 51.2. The van der Waals surface area contributed by atoms with Crippen LogP contribution in [0.5, 0.6) is 0 Å². The maximum absolute atomic E-state index is 13.1. The van der Waals surface area contributed by atoms with E-state index in [0.29, 0.717) is 19.3 Å². The average molecular weight is 1090 g/mol. The summed E-state index contributed by atoms with van der Waals surface area (Å²) >= 11 is 0. The fourth-order valence-corrected chi connectivity index (χ4v) is 9.86. The number of rotatable bonds is 55. The molecular weight excluding hydrogens is 973 g/mol. The summed E-state index contributed by atoms with van der Waals surface area (Å²) in [5, 5.41) is 31.5. The largest absolute Gasteiger partial charge is 0.479 e. The van der Waals surface area contributed by atoms with E-state index in [4.69, 9.17) is 23.7 Å². The van der Waals surface area contributed by atoms with Crippen LogP contribution in [0.3, 0.4) is 0 Å². The summed E-state index contributed by atoms with van der Waals surface area (Å²) in [5.41, 5.74) is 0. The predicted molar refractivity (Wildman–Crippen MR) is 313 cm³/mol. The molecule has 77 heavy (non-hydrogen) atoms. The van der Waals surface area contributed by atoms with E-state index in [1.54, 1.807) is 0 Å². The zero-order valence-electron chi connectivity index (χ0n) is 49.5. The number of carboxylic acids is 1. The first kappa shape index (κ1) is 72.0. The first-order valence-electron chi connectivity index (χ1n) is 32.0. The molecule has 12 heteroatoms. The van der Waals surface area contributed by atoms with E-state index in [1.807, 2.05) is 0 Å². The smallest absolute Gasteiger partial charge is 0.335 e. The molecule has 0 saturated carbocycles. The fraction of sp³-hybridized carbons (Fsp3) is 0.846. The SMILES string of the molecule is CC/C=C\C/C=C\C/C=C\CCCCCCCCCC(=O)OC1C(OCC(COC(=O)CCCCCCCCCCCCCCCCCCCCC)OC(=O)CCCCCCCCCCCCC)OC(C(=O)O)C(O)C1O. The third-order valence-electron chi connectivity index (χ3n) is 14.7. The van der Waals surface area contributed by atoms with Crippen LogP contribution in [0.25, 0.3) is 0 Å². The second-order valence-corrected chi connectivity index (χ2v) is 22.0. The van der Waals surface area contributed by atoms with Gasteiger partial charge in [0.25, 0.3) is 0 Å². The lowest BCUT2D eigenvalue weighted by Crippen LogP contribution is -2.61. The highest BCUT2D eigenvalue weighted by Gasteiger charge is 2.50. The van der Waals surface area contributed by atoms with E-state index in [0.717, 1.165) is 103 Å². The molecule has 0 amide bonds. The Kier molecular flexibility index (Phi) is 50.1. The third kappa shape index (κ3) is 43.4. The maximum Gasteiger partial charge on any atom is 0.335 e. The number of carbonyl (C=O) groups is 4. The van der Waals surface area contributed by atoms with Gasteiger partial charge in [-0.25, -0.2) is 4.79 Å². The van der Waals surface area contributed by atoms with Crippen molar-refractivity contribution in [1.82, 2.24) is 0 Å². The molecule has 0 aromatic rings. The summed E-state index contributed by atoms with van der Waals surface area (Å²) in [6, 6.07) is 0. The first-order chi connectivity index (χ1) is 37.6. The lowest BCUT2D eigenvalue weighted by atomic mass is 9.98. The van der Waals surface area contributed by atoms with Gasteiger partial charge in [-0.1, -0.05) is 269 Å². The Hall–Kier alpha value is -3.06. The Balaban J connectivity index is 2.61. The van der Waals surface area contributed by atoms with Gasteiger partial charge in [0.1, 0.15) is 18.8 Å². The van der Waals surface area contributed by atoms with Crippen molar-refractivity contribution in [2.75, 3.05) is 13.2 Å². The number of aliphatic hydroxyl groups excluding tert-OH is 2. The van der Waals surface area contributed by atoms with Crippen LogP contribution in [-0.2, 0) is 42.9 Å². The zero-order chi connectivity index (χ0) is 56.1. The molecule has 0 radical (unpaired) electrons. The lowest BCUT2D eigenvalue weighted by molar-refractivity contribution is -0.301. The topological polar surface area (TPSA) is 175 Å². The number of hydrogen-bond acceptors (Lipinski definition) is 11. The van der Waals surface area contributed by atoms with Crippen LogP contribution in [0, 0.1) is 0 Å². The van der Waals surface area contributed by atoms with Gasteiger partial charge in [0.05, 0.1) is 6.61 Å². The average Bonchev–Trinajstić information content (AvgIpc) is 3.42. The van der Waals surface area contributed by atoms with Crippen LogP contribution >= 0.6 is 0 Å². The fourth-order valence-electron chi connectivity index (χ4n) is 9.86. The third-order valence-corrected chi connectivity index (χ3v) is 14.7. The van der Waals surface area contributed by atoms with Crippen LogP contribution in [-0.4, -0.2) is 89.2 Å². The van der Waals surface area contributed by atoms with Crippen molar-refractivity contribution in [2.24, 2.45) is 0 Å². The zero-order valence-corrected chi connectivity index (χ0v) is 49.5. The number of carboxylic acid groups (broad SMARTS) is 1. The van der Waals surface area contributed by atoms with E-state index in [9.17, 15) is 34.5 Å². The second-order valence-electron chi connectivity index (χ2n) is 22.0. The minimum atomic E-state index is -1.90. The second kappa shape index (κ2) is 53.6. The Morgan fingerprint density at radius 2 is 0.818 bits per heavy atom. The molecule has 448 valence electrons. The van der Waals surface area contributed by atoms with Gasteiger partial charge in [0.15, 0.2) is 24.6 Å². The molecular formula is C65H116O12. The Bertz CT molecular complexity index is 1480. The molecule has 6 unspecified atom stereocenters. The summed E-state index contributed by atoms with van der Waals surface area (Å²) in [6.45, 7) is 5.92. The number of carbonyl (C=O) groups excluding carboxylic acids is 3. The van der Waals surface area contributed by atoms with Crippen molar-refractivity contribution in [2.45, 2.75) is 340 Å². The number of allylic oxidation sites excluding steroid dienone is 6. The summed E-state index contributed by atoms with van der Waals surface area (Å²) in [5.74, 6) is -3.10. The van der Waals surface area contributed by atoms with Crippen molar-refractivity contribution in [3.05, 3.63) is 36.5 Å². The van der Waals surface area contributed by atoms with Crippen molar-refractivity contribution < 1.29 is 58.2 Å². The predicted octanol–water partition coefficient (Wildman–Crippen LogP) is 16.8. The van der Waals surface area contributed by atoms with Crippen LogP contribution in [0.4, 0.5) is 0 Å². The summed E-state index contributed by atoms with van der Waals surface area (Å²) in [6.07, 6.45) is 51.1. The van der Waals surface area contributed by atoms with Gasteiger partial charge in [-0.3, -0.25) is 14.4 Å². The summed E-state index contributed by atoms with van der Waals surface area (Å²) in [7, 11) is 0. The van der Waals surface area contributed by atoms with E-state index in [-0.39, 0.29) is 25.9 Å². The van der Waals surface area contributed by atoms with Crippen molar-refractivity contribution >= 4 is 23.9 Å². The minimum absolute atomic E-state index is 0.0528. The summed E-state index contributed by atoms with van der Waals surface area (Å²) < 4.78 is 28.5. The van der Waals surface area contributed by atoms with Gasteiger partial charge in [0, 0.05) is 19.3 Å². The number of aliphatic hydroxyl groups is 2. The molecule has 1 aliphatic heterocycles. The molecule has 1 rings (SSSR count). The van der Waals surface area contributed by atoms with Crippen LogP contribution in [0.15, 0.2) is 36.5 Å². The van der Waals surface area contributed by atoms with E-state index in [1.165, 1.54) is 141 Å². The number of ether oxygens (including phenoxy) is 5. The molecule has 0 aromatic carbocycles. The standard InChI is InChI=1S/C65H116O12/c1-4-7-10-13-16-19-22-24-26-28-29-31-32-34-37-39-42-45-48-51-57(66)73-54-56(75-58(67)52-49-46-43-40-36-21-18-15-12-9-6-3)55-74-65-63(61(70)60(69)62(77-65)64(71)72)76-59(68)53-50-47-44-41-38-35-33-30-27-25-23-20-17-14-11-8-5-2/h8,11,17,20,25,27,56,60-63,65,69-70H,4-7,9-10,12-16,18-19,21-24,26,28-55H2,1-3H3,(H,71,72)/b11-8-,20-17-,27-25-. The highest BCUT2D eigenvalue weighted by Crippen LogP contribution is 2.27. The van der Waals surface area contributed by atoms with Gasteiger partial charge in [0.2, 0.25) is 0 Å². The Morgan fingerprint density at radius 1 is 0.442 bits per heavy atom. The monoisotopic (exact) mass is 1090 g/mol. The maximum atomic E-state index is 13.1. The van der Waals surface area contributed by atoms with Gasteiger partial charge in [-0.2, -0.15) is 0 Å². The highest BCUT2D eigenvalue weighted by atomic mass is 16.7. The van der Waals surface area contributed by atoms with Crippen molar-refractivity contribution in [1.29, 1.82) is 0 Å². The van der Waals surface area contributed by atoms with Crippen LogP contribution in [0.2, 0.25) is 0 Å². The van der Waals surface area contributed by atoms with E-state index in [2.05, 4.69) is 57.2 Å². The van der Waals surface area contributed by atoms with E-state index >= 15 is 0 Å². The molecule has 12 nitrogen and oxygen atoms in total. The Labute approximate surface area is 470 Å². The van der Waals surface area contributed by atoms with E-state index < -0.39 is 67.3 Å². The van der Waals surface area contributed by atoms with Gasteiger partial charge >= 0.3 is 23.9 Å². The molecule has 3 N–H and O–H groups in total. The van der Waals surface area contributed by atoms with Gasteiger partial charge in [-0.15, -0.1) is 0 Å². The minimum Gasteiger partial charge on any atom is -0.479 e. The Morgan fingerprint density at radius 3 is 1.25 bits per heavy atom. The molecule has 0 aliphatic carbocycles. The molecule has 0 bridgehead atoms. The number of hydrogen-bond donors (Lipinski definition) is 3. The number of esters is 3. The van der Waals surface area contributed by atoms with Gasteiger partial charge in [-0.05, 0) is 51.4 Å². The highest BCUT2D eigenvalue weighted by molar-refractivity contribution is 5.74. The van der Waals surface area contributed by atoms with Crippen molar-refractivity contribution in [3.63, 3.8) is 0 Å². The van der Waals surface area contributed by atoms with Gasteiger partial charge < -0.3 is 39.0 Å². The first-order valence-corrected chi connectivity index (χ1v) is 32.0. The molecule has 1 heterocycles. The van der Waals surface area contributed by atoms with Crippen LogP contribution in [0.1, 0.15) is 303 Å². The quantitative estimate of drug-likeness (QED) is 0.0228. The van der Waals surface area contributed by atoms with Crippen molar-refractivity contribution in [3.8, 4) is 0 Å². The molecule has 1 saturated heterocycles.